The number of nitro benzene ring substituents is 1. The highest BCUT2D eigenvalue weighted by Crippen LogP contribution is 2.23. The molecular formula is C12H15FN2O3. The fourth-order valence-corrected chi connectivity index (χ4v) is 2.07. The number of anilines is 1. The molecule has 0 aromatic heterocycles. The van der Waals surface area contributed by atoms with Crippen molar-refractivity contribution in [2.24, 2.45) is 5.92 Å². The topological polar surface area (TPSA) is 64.4 Å². The van der Waals surface area contributed by atoms with E-state index in [1.807, 2.05) is 6.92 Å². The number of nitrogens with one attached hydrogen (secondary N) is 1. The van der Waals surface area contributed by atoms with E-state index in [2.05, 4.69) is 5.32 Å². The van der Waals surface area contributed by atoms with Gasteiger partial charge in [-0.1, -0.05) is 0 Å². The predicted octanol–water partition coefficient (Wildman–Crippen LogP) is 2.57. The second-order valence-corrected chi connectivity index (χ2v) is 4.46. The molecule has 0 bridgehead atoms. The molecule has 0 amide bonds. The summed E-state index contributed by atoms with van der Waals surface area (Å²) in [5.41, 5.74) is 0.189. The Bertz CT molecular complexity index is 453. The normalized spacial score (nSPS) is 23.0. The molecule has 1 aromatic carbocycles. The largest absolute Gasteiger partial charge is 0.384 e. The van der Waals surface area contributed by atoms with Gasteiger partial charge in [-0.15, -0.1) is 0 Å². The predicted molar refractivity (Wildman–Crippen MR) is 65.1 cm³/mol. The zero-order valence-corrected chi connectivity index (χ0v) is 10.1. The van der Waals surface area contributed by atoms with Gasteiger partial charge in [0.05, 0.1) is 17.1 Å². The fraction of sp³-hybridized carbons (Fsp3) is 0.500. The van der Waals surface area contributed by atoms with Gasteiger partial charge in [-0.05, 0) is 19.4 Å². The Morgan fingerprint density at radius 1 is 1.56 bits per heavy atom. The third-order valence-electron chi connectivity index (χ3n) is 3.19. The third-order valence-corrected chi connectivity index (χ3v) is 3.19. The third kappa shape index (κ3) is 2.95. The highest BCUT2D eigenvalue weighted by molar-refractivity contribution is 5.51. The molecule has 0 radical (unpaired) electrons. The van der Waals surface area contributed by atoms with Crippen LogP contribution in [0.5, 0.6) is 0 Å². The van der Waals surface area contributed by atoms with E-state index in [1.165, 1.54) is 12.1 Å². The first-order valence-electron chi connectivity index (χ1n) is 5.86. The van der Waals surface area contributed by atoms with Gasteiger partial charge in [-0.2, -0.15) is 0 Å². The van der Waals surface area contributed by atoms with Gasteiger partial charge in [-0.3, -0.25) is 10.1 Å². The summed E-state index contributed by atoms with van der Waals surface area (Å²) in [6.45, 7) is 3.35. The van der Waals surface area contributed by atoms with Gasteiger partial charge in [0.1, 0.15) is 5.82 Å². The SMILES string of the molecule is CC1OCCC1CNc1cc(F)cc([N+](=O)[O-])c1. The van der Waals surface area contributed by atoms with E-state index >= 15 is 0 Å². The van der Waals surface area contributed by atoms with Crippen molar-refractivity contribution in [1.29, 1.82) is 0 Å². The van der Waals surface area contributed by atoms with Crippen LogP contribution in [-0.4, -0.2) is 24.2 Å². The maximum atomic E-state index is 13.2. The van der Waals surface area contributed by atoms with Crippen LogP contribution in [0.25, 0.3) is 0 Å². The van der Waals surface area contributed by atoms with Gasteiger partial charge in [0.15, 0.2) is 0 Å². The molecule has 1 fully saturated rings. The Labute approximate surface area is 104 Å². The second kappa shape index (κ2) is 5.30. The minimum absolute atomic E-state index is 0.168. The Morgan fingerprint density at radius 2 is 2.33 bits per heavy atom. The van der Waals surface area contributed by atoms with Crippen LogP contribution >= 0.6 is 0 Å². The molecule has 1 aliphatic heterocycles. The molecule has 6 heteroatoms. The minimum atomic E-state index is -0.609. The van der Waals surface area contributed by atoms with Crippen LogP contribution in [0.3, 0.4) is 0 Å². The lowest BCUT2D eigenvalue weighted by Crippen LogP contribution is -2.20. The van der Waals surface area contributed by atoms with Crippen molar-refractivity contribution >= 4 is 11.4 Å². The van der Waals surface area contributed by atoms with Gasteiger partial charge >= 0.3 is 0 Å². The number of halogens is 1. The summed E-state index contributed by atoms with van der Waals surface area (Å²) in [4.78, 5) is 10.0. The van der Waals surface area contributed by atoms with Crippen molar-refractivity contribution in [2.45, 2.75) is 19.4 Å². The van der Waals surface area contributed by atoms with Crippen molar-refractivity contribution in [3.05, 3.63) is 34.1 Å². The number of hydrogen-bond acceptors (Lipinski definition) is 4. The summed E-state index contributed by atoms with van der Waals surface area (Å²) in [5.74, 6) is -0.255. The standard InChI is InChI=1S/C12H15FN2O3/c1-8-9(2-3-18-8)7-14-11-4-10(13)5-12(6-11)15(16)17/h4-6,8-9,14H,2-3,7H2,1H3. The van der Waals surface area contributed by atoms with Crippen LogP contribution in [0, 0.1) is 21.8 Å². The average molecular weight is 254 g/mol. The first kappa shape index (κ1) is 12.8. The molecular weight excluding hydrogens is 239 g/mol. The molecule has 1 heterocycles. The van der Waals surface area contributed by atoms with E-state index in [4.69, 9.17) is 4.74 Å². The minimum Gasteiger partial charge on any atom is -0.384 e. The molecule has 5 nitrogen and oxygen atoms in total. The Balaban J connectivity index is 2.02. The van der Waals surface area contributed by atoms with Crippen molar-refractivity contribution in [2.75, 3.05) is 18.5 Å². The number of benzene rings is 1. The molecule has 1 saturated heterocycles. The number of nitro groups is 1. The molecule has 0 saturated carbocycles. The number of ether oxygens (including phenoxy) is 1. The van der Waals surface area contributed by atoms with Crippen LogP contribution < -0.4 is 5.32 Å². The maximum Gasteiger partial charge on any atom is 0.274 e. The molecule has 2 unspecified atom stereocenters. The highest BCUT2D eigenvalue weighted by Gasteiger charge is 2.23. The molecule has 1 aliphatic rings. The lowest BCUT2D eigenvalue weighted by molar-refractivity contribution is -0.385. The number of nitrogens with zero attached hydrogens (tertiary/aromatic N) is 1. The summed E-state index contributed by atoms with van der Waals surface area (Å²) in [6.07, 6.45) is 1.12. The number of non-ortho nitro benzene ring substituents is 1. The van der Waals surface area contributed by atoms with Crippen molar-refractivity contribution in [3.63, 3.8) is 0 Å². The van der Waals surface area contributed by atoms with Crippen LogP contribution in [0.2, 0.25) is 0 Å². The number of rotatable bonds is 4. The quantitative estimate of drug-likeness (QED) is 0.662. The van der Waals surface area contributed by atoms with E-state index < -0.39 is 10.7 Å². The lowest BCUT2D eigenvalue weighted by Gasteiger charge is -2.15. The summed E-state index contributed by atoms with van der Waals surface area (Å²) >= 11 is 0. The zero-order valence-electron chi connectivity index (χ0n) is 10.1. The van der Waals surface area contributed by atoms with Crippen LogP contribution in [0.1, 0.15) is 13.3 Å². The molecule has 2 rings (SSSR count). The summed E-state index contributed by atoms with van der Waals surface area (Å²) in [6, 6.07) is 3.50. The second-order valence-electron chi connectivity index (χ2n) is 4.46. The lowest BCUT2D eigenvalue weighted by atomic mass is 10.0. The molecule has 1 aromatic rings. The Morgan fingerprint density at radius 3 is 2.94 bits per heavy atom. The molecule has 18 heavy (non-hydrogen) atoms. The molecule has 0 aliphatic carbocycles. The first-order chi connectivity index (χ1) is 8.56. The van der Waals surface area contributed by atoms with E-state index in [-0.39, 0.29) is 11.8 Å². The average Bonchev–Trinajstić information content (AvgIpc) is 2.71. The molecule has 98 valence electrons. The fourth-order valence-electron chi connectivity index (χ4n) is 2.07. The van der Waals surface area contributed by atoms with E-state index in [0.29, 0.717) is 18.2 Å². The Hall–Kier alpha value is -1.69. The van der Waals surface area contributed by atoms with Crippen molar-refractivity contribution < 1.29 is 14.1 Å². The monoisotopic (exact) mass is 254 g/mol. The van der Waals surface area contributed by atoms with Gasteiger partial charge in [0.2, 0.25) is 0 Å². The van der Waals surface area contributed by atoms with Crippen molar-refractivity contribution in [3.8, 4) is 0 Å². The van der Waals surface area contributed by atoms with E-state index in [0.717, 1.165) is 19.1 Å². The first-order valence-corrected chi connectivity index (χ1v) is 5.86. The molecule has 0 spiro atoms. The molecule has 1 N–H and O–H groups in total. The van der Waals surface area contributed by atoms with Crippen LogP contribution in [0.15, 0.2) is 18.2 Å². The van der Waals surface area contributed by atoms with Crippen molar-refractivity contribution in [1.82, 2.24) is 0 Å². The van der Waals surface area contributed by atoms with Gasteiger partial charge in [-0.25, -0.2) is 4.39 Å². The smallest absolute Gasteiger partial charge is 0.274 e. The van der Waals surface area contributed by atoms with Crippen LogP contribution in [-0.2, 0) is 4.74 Å². The molecule has 2 atom stereocenters. The summed E-state index contributed by atoms with van der Waals surface area (Å²) in [7, 11) is 0. The summed E-state index contributed by atoms with van der Waals surface area (Å²) in [5, 5.41) is 13.6. The summed E-state index contributed by atoms with van der Waals surface area (Å²) < 4.78 is 18.6. The zero-order chi connectivity index (χ0) is 13.1. The van der Waals surface area contributed by atoms with Gasteiger partial charge in [0, 0.05) is 30.8 Å². The van der Waals surface area contributed by atoms with E-state index in [1.54, 1.807) is 0 Å². The maximum absolute atomic E-state index is 13.2. The van der Waals surface area contributed by atoms with Crippen LogP contribution in [0.4, 0.5) is 15.8 Å². The van der Waals surface area contributed by atoms with Gasteiger partial charge in [0.25, 0.3) is 5.69 Å². The Kier molecular flexibility index (Phi) is 3.76. The number of hydrogen-bond donors (Lipinski definition) is 1. The van der Waals surface area contributed by atoms with Gasteiger partial charge < -0.3 is 10.1 Å². The van der Waals surface area contributed by atoms with E-state index in [9.17, 15) is 14.5 Å². The highest BCUT2D eigenvalue weighted by atomic mass is 19.1.